The minimum absolute atomic E-state index is 0.487. The van der Waals surface area contributed by atoms with Crippen LogP contribution in [0, 0.1) is 11.3 Å². The van der Waals surface area contributed by atoms with Crippen molar-refractivity contribution < 1.29 is 0 Å². The molecule has 0 aliphatic heterocycles. The first-order valence-electron chi connectivity index (χ1n) is 6.19. The first kappa shape index (κ1) is 13.9. The van der Waals surface area contributed by atoms with Crippen molar-refractivity contribution in [2.45, 2.75) is 0 Å². The molecule has 0 radical (unpaired) electrons. The van der Waals surface area contributed by atoms with E-state index in [4.69, 9.17) is 11.6 Å². The normalized spacial score (nSPS) is 10.3. The van der Waals surface area contributed by atoms with Gasteiger partial charge in [0.25, 0.3) is 0 Å². The van der Waals surface area contributed by atoms with Gasteiger partial charge in [-0.25, -0.2) is 0 Å². The largest absolute Gasteiger partial charge is 0.353 e. The maximum absolute atomic E-state index is 9.31. The molecule has 3 aromatic rings. The fourth-order valence-electron chi connectivity index (χ4n) is 2.10. The minimum Gasteiger partial charge on any atom is -0.353 e. The number of anilines is 2. The van der Waals surface area contributed by atoms with E-state index in [1.807, 2.05) is 36.4 Å². The summed E-state index contributed by atoms with van der Waals surface area (Å²) in [7, 11) is 0. The number of fused-ring (bicyclic) bond motifs is 1. The van der Waals surface area contributed by atoms with Gasteiger partial charge in [0.05, 0.1) is 32.0 Å². The van der Waals surface area contributed by atoms with Crippen LogP contribution in [-0.4, -0.2) is 4.98 Å². The second kappa shape index (κ2) is 5.72. The number of benzene rings is 2. The van der Waals surface area contributed by atoms with E-state index in [2.05, 4.69) is 32.3 Å². The zero-order valence-electron chi connectivity index (χ0n) is 10.8. The third-order valence-electron chi connectivity index (χ3n) is 3.11. The van der Waals surface area contributed by atoms with Crippen LogP contribution in [-0.2, 0) is 0 Å². The van der Waals surface area contributed by atoms with Crippen molar-refractivity contribution in [2.75, 3.05) is 5.32 Å². The number of para-hydroxylation sites is 1. The van der Waals surface area contributed by atoms with Crippen molar-refractivity contribution >= 4 is 49.8 Å². The Morgan fingerprint density at radius 1 is 1.14 bits per heavy atom. The van der Waals surface area contributed by atoms with Crippen molar-refractivity contribution in [2.24, 2.45) is 0 Å². The van der Waals surface area contributed by atoms with E-state index < -0.39 is 0 Å². The molecule has 1 heterocycles. The summed E-state index contributed by atoms with van der Waals surface area (Å²) in [4.78, 5) is 4.29. The molecule has 5 heteroatoms. The molecule has 3 rings (SSSR count). The fourth-order valence-corrected chi connectivity index (χ4v) is 2.63. The van der Waals surface area contributed by atoms with Crippen molar-refractivity contribution in [3.63, 3.8) is 0 Å². The van der Waals surface area contributed by atoms with Crippen molar-refractivity contribution in [3.8, 4) is 6.07 Å². The van der Waals surface area contributed by atoms with Crippen LogP contribution in [0.25, 0.3) is 10.9 Å². The van der Waals surface area contributed by atoms with Gasteiger partial charge in [-0.05, 0) is 34.1 Å². The molecule has 0 atom stereocenters. The highest BCUT2D eigenvalue weighted by atomic mass is 79.9. The van der Waals surface area contributed by atoms with Gasteiger partial charge in [-0.3, -0.25) is 4.98 Å². The van der Waals surface area contributed by atoms with Crippen LogP contribution in [0.1, 0.15) is 5.56 Å². The minimum atomic E-state index is 0.487. The van der Waals surface area contributed by atoms with E-state index in [1.54, 1.807) is 12.3 Å². The zero-order chi connectivity index (χ0) is 14.8. The molecule has 0 aliphatic carbocycles. The SMILES string of the molecule is N#Cc1cnc2ccccc2c1Nc1cccc(Cl)c1Br. The van der Waals surface area contributed by atoms with Gasteiger partial charge in [0, 0.05) is 11.6 Å². The average molecular weight is 359 g/mol. The Bertz CT molecular complexity index is 871. The Morgan fingerprint density at radius 2 is 1.95 bits per heavy atom. The number of nitrogens with zero attached hydrogens (tertiary/aromatic N) is 2. The smallest absolute Gasteiger partial charge is 0.103 e. The van der Waals surface area contributed by atoms with E-state index in [1.165, 1.54) is 0 Å². The van der Waals surface area contributed by atoms with Crippen LogP contribution in [0.4, 0.5) is 11.4 Å². The molecule has 102 valence electrons. The standard InChI is InChI=1S/C16H9BrClN3/c17-15-12(18)5-3-7-14(15)21-16-10(8-19)9-20-13-6-2-1-4-11(13)16/h1-7,9H,(H,20,21). The summed E-state index contributed by atoms with van der Waals surface area (Å²) < 4.78 is 0.761. The molecule has 0 amide bonds. The summed E-state index contributed by atoms with van der Waals surface area (Å²) in [5, 5.41) is 14.1. The first-order valence-corrected chi connectivity index (χ1v) is 7.36. The lowest BCUT2D eigenvalue weighted by Gasteiger charge is -2.13. The summed E-state index contributed by atoms with van der Waals surface area (Å²) in [6.07, 6.45) is 1.57. The summed E-state index contributed by atoms with van der Waals surface area (Å²) in [6.45, 7) is 0. The van der Waals surface area contributed by atoms with Crippen molar-refractivity contribution in [1.29, 1.82) is 5.26 Å². The average Bonchev–Trinajstić information content (AvgIpc) is 2.52. The first-order chi connectivity index (χ1) is 10.2. The number of aromatic nitrogens is 1. The zero-order valence-corrected chi connectivity index (χ0v) is 13.1. The summed E-state index contributed by atoms with van der Waals surface area (Å²) in [5.74, 6) is 0. The van der Waals surface area contributed by atoms with E-state index in [0.29, 0.717) is 10.6 Å². The molecule has 0 spiro atoms. The molecule has 0 aliphatic rings. The highest BCUT2D eigenvalue weighted by Crippen LogP contribution is 2.35. The molecular weight excluding hydrogens is 350 g/mol. The lowest BCUT2D eigenvalue weighted by Crippen LogP contribution is -1.97. The molecular formula is C16H9BrClN3. The van der Waals surface area contributed by atoms with Crippen LogP contribution in [0.15, 0.2) is 53.1 Å². The van der Waals surface area contributed by atoms with Gasteiger partial charge in [0.2, 0.25) is 0 Å². The topological polar surface area (TPSA) is 48.7 Å². The highest BCUT2D eigenvalue weighted by molar-refractivity contribution is 9.10. The van der Waals surface area contributed by atoms with E-state index in [9.17, 15) is 5.26 Å². The quantitative estimate of drug-likeness (QED) is 0.679. The van der Waals surface area contributed by atoms with Crippen LogP contribution in [0.2, 0.25) is 5.02 Å². The number of nitrogens with one attached hydrogen (secondary N) is 1. The van der Waals surface area contributed by atoms with Crippen LogP contribution >= 0.6 is 27.5 Å². The Kier molecular flexibility index (Phi) is 3.78. The summed E-state index contributed by atoms with van der Waals surface area (Å²) in [5.41, 5.74) is 2.85. The van der Waals surface area contributed by atoms with Crippen LogP contribution in [0.5, 0.6) is 0 Å². The monoisotopic (exact) mass is 357 g/mol. The molecule has 0 saturated heterocycles. The van der Waals surface area contributed by atoms with Crippen molar-refractivity contribution in [3.05, 3.63) is 63.7 Å². The Morgan fingerprint density at radius 3 is 2.76 bits per heavy atom. The van der Waals surface area contributed by atoms with E-state index in [-0.39, 0.29) is 0 Å². The molecule has 0 saturated carbocycles. The van der Waals surface area contributed by atoms with E-state index in [0.717, 1.165) is 26.8 Å². The Hall–Kier alpha value is -2.09. The number of rotatable bonds is 2. The molecule has 0 bridgehead atoms. The number of pyridine rings is 1. The van der Waals surface area contributed by atoms with Crippen molar-refractivity contribution in [1.82, 2.24) is 4.98 Å². The lowest BCUT2D eigenvalue weighted by atomic mass is 10.1. The maximum Gasteiger partial charge on any atom is 0.103 e. The third kappa shape index (κ3) is 2.58. The Balaban J connectivity index is 2.20. The number of hydrogen-bond donors (Lipinski definition) is 1. The van der Waals surface area contributed by atoms with Gasteiger partial charge in [-0.2, -0.15) is 5.26 Å². The number of halogens is 2. The van der Waals surface area contributed by atoms with Gasteiger partial charge in [0.15, 0.2) is 0 Å². The second-order valence-electron chi connectivity index (χ2n) is 4.40. The lowest BCUT2D eigenvalue weighted by molar-refractivity contribution is 1.36. The van der Waals surface area contributed by atoms with Gasteiger partial charge in [-0.15, -0.1) is 0 Å². The highest BCUT2D eigenvalue weighted by Gasteiger charge is 2.11. The second-order valence-corrected chi connectivity index (χ2v) is 5.60. The third-order valence-corrected chi connectivity index (χ3v) is 4.50. The fraction of sp³-hybridized carbons (Fsp3) is 0. The summed E-state index contributed by atoms with van der Waals surface area (Å²) >= 11 is 9.56. The molecule has 21 heavy (non-hydrogen) atoms. The number of hydrogen-bond acceptors (Lipinski definition) is 3. The Labute approximate surface area is 135 Å². The molecule has 0 unspecified atom stereocenters. The van der Waals surface area contributed by atoms with Gasteiger partial charge in [0.1, 0.15) is 6.07 Å². The number of nitriles is 1. The molecule has 3 nitrogen and oxygen atoms in total. The van der Waals surface area contributed by atoms with Crippen LogP contribution in [0.3, 0.4) is 0 Å². The molecule has 1 N–H and O–H groups in total. The molecule has 0 fully saturated rings. The van der Waals surface area contributed by atoms with Gasteiger partial charge in [-0.1, -0.05) is 35.9 Å². The van der Waals surface area contributed by atoms with Gasteiger partial charge < -0.3 is 5.32 Å². The summed E-state index contributed by atoms with van der Waals surface area (Å²) in [6, 6.07) is 15.4. The predicted molar refractivity (Wildman–Crippen MR) is 88.9 cm³/mol. The maximum atomic E-state index is 9.31. The van der Waals surface area contributed by atoms with E-state index >= 15 is 0 Å². The van der Waals surface area contributed by atoms with Crippen LogP contribution < -0.4 is 5.32 Å². The predicted octanol–water partition coefficient (Wildman–Crippen LogP) is 5.27. The molecule has 1 aromatic heterocycles. The molecule has 2 aromatic carbocycles. The van der Waals surface area contributed by atoms with Gasteiger partial charge >= 0.3 is 0 Å².